The van der Waals surface area contributed by atoms with Gasteiger partial charge in [-0.25, -0.2) is 0 Å². The minimum Gasteiger partial charge on any atom is -0.368 e. The average Bonchev–Trinajstić information content (AvgIpc) is 3.18. The summed E-state index contributed by atoms with van der Waals surface area (Å²) in [6.07, 6.45) is 7.36. The molecule has 2 fully saturated rings. The van der Waals surface area contributed by atoms with Gasteiger partial charge in [-0.15, -0.1) is 0 Å². The van der Waals surface area contributed by atoms with E-state index in [1.807, 2.05) is 0 Å². The number of amides is 1. The van der Waals surface area contributed by atoms with Crippen LogP contribution in [0.15, 0.2) is 0 Å². The molecule has 2 atom stereocenters. The Balaban J connectivity index is 1.62. The van der Waals surface area contributed by atoms with E-state index in [-0.39, 0.29) is 18.6 Å². The van der Waals surface area contributed by atoms with Crippen molar-refractivity contribution < 1.29 is 9.53 Å². The fourth-order valence-electron chi connectivity index (χ4n) is 2.48. The lowest BCUT2D eigenvalue weighted by Crippen LogP contribution is -2.37. The van der Waals surface area contributed by atoms with E-state index in [1.54, 1.807) is 0 Å². The van der Waals surface area contributed by atoms with Crippen LogP contribution >= 0.6 is 0 Å². The summed E-state index contributed by atoms with van der Waals surface area (Å²) in [4.78, 5) is 11.5. The van der Waals surface area contributed by atoms with Crippen molar-refractivity contribution in [2.75, 3.05) is 19.7 Å². The highest BCUT2D eigenvalue weighted by Gasteiger charge is 2.26. The lowest BCUT2D eigenvalue weighted by molar-refractivity contribution is -0.129. The molecule has 0 aromatic heterocycles. The van der Waals surface area contributed by atoms with Crippen LogP contribution in [-0.2, 0) is 9.53 Å². The normalized spacial score (nSPS) is 29.0. The molecule has 0 aliphatic heterocycles. The molecule has 0 radical (unpaired) electrons. The number of carbonyl (C=O) groups is 1. The van der Waals surface area contributed by atoms with Crippen molar-refractivity contribution in [2.45, 2.75) is 44.6 Å². The van der Waals surface area contributed by atoms with Crippen LogP contribution in [0, 0.1) is 11.8 Å². The van der Waals surface area contributed by atoms with Gasteiger partial charge in [-0.3, -0.25) is 4.79 Å². The predicted octanol–water partition coefficient (Wildman–Crippen LogP) is 1.05. The molecular weight excluding hydrogens is 216 g/mol. The third-order valence-electron chi connectivity index (χ3n) is 3.86. The largest absolute Gasteiger partial charge is 0.368 e. The van der Waals surface area contributed by atoms with Crippen LogP contribution in [0.5, 0.6) is 0 Å². The maximum Gasteiger partial charge on any atom is 0.246 e. The molecule has 4 heteroatoms. The standard InChI is InChI=1S/C13H24N2O2/c14-7-11-3-1-2-4-12(11)17-9-13(16)15-8-10-5-6-10/h10-12H,1-9,14H2,(H,15,16). The number of hydrogen-bond donors (Lipinski definition) is 2. The molecule has 98 valence electrons. The Kier molecular flexibility index (Phi) is 4.80. The Morgan fingerprint density at radius 3 is 2.71 bits per heavy atom. The second-order valence-corrected chi connectivity index (χ2v) is 5.38. The van der Waals surface area contributed by atoms with Gasteiger partial charge >= 0.3 is 0 Å². The number of ether oxygens (including phenoxy) is 1. The van der Waals surface area contributed by atoms with Crippen molar-refractivity contribution in [3.8, 4) is 0 Å². The van der Waals surface area contributed by atoms with Crippen molar-refractivity contribution in [3.63, 3.8) is 0 Å². The summed E-state index contributed by atoms with van der Waals surface area (Å²) < 4.78 is 5.71. The Labute approximate surface area is 103 Å². The van der Waals surface area contributed by atoms with E-state index in [4.69, 9.17) is 10.5 Å². The third kappa shape index (κ3) is 4.28. The van der Waals surface area contributed by atoms with Gasteiger partial charge in [0.15, 0.2) is 0 Å². The van der Waals surface area contributed by atoms with Gasteiger partial charge < -0.3 is 15.8 Å². The summed E-state index contributed by atoms with van der Waals surface area (Å²) in [6, 6.07) is 0. The van der Waals surface area contributed by atoms with E-state index >= 15 is 0 Å². The fourth-order valence-corrected chi connectivity index (χ4v) is 2.48. The Morgan fingerprint density at radius 1 is 1.24 bits per heavy atom. The first-order valence-electron chi connectivity index (χ1n) is 6.88. The smallest absolute Gasteiger partial charge is 0.246 e. The lowest BCUT2D eigenvalue weighted by atomic mass is 9.86. The maximum atomic E-state index is 11.5. The zero-order valence-electron chi connectivity index (χ0n) is 10.5. The molecule has 2 rings (SSSR count). The molecule has 17 heavy (non-hydrogen) atoms. The summed E-state index contributed by atoms with van der Waals surface area (Å²) in [7, 11) is 0. The second kappa shape index (κ2) is 6.36. The van der Waals surface area contributed by atoms with E-state index in [9.17, 15) is 4.79 Å². The van der Waals surface area contributed by atoms with Crippen molar-refractivity contribution in [1.29, 1.82) is 0 Å². The molecule has 2 aliphatic carbocycles. The van der Waals surface area contributed by atoms with Crippen LogP contribution in [0.4, 0.5) is 0 Å². The quantitative estimate of drug-likeness (QED) is 0.729. The highest BCUT2D eigenvalue weighted by molar-refractivity contribution is 5.77. The van der Waals surface area contributed by atoms with Crippen LogP contribution < -0.4 is 11.1 Å². The van der Waals surface area contributed by atoms with Crippen molar-refractivity contribution in [2.24, 2.45) is 17.6 Å². The van der Waals surface area contributed by atoms with Gasteiger partial charge in [-0.2, -0.15) is 0 Å². The van der Waals surface area contributed by atoms with Gasteiger partial charge in [0.25, 0.3) is 0 Å². The highest BCUT2D eigenvalue weighted by Crippen LogP contribution is 2.27. The van der Waals surface area contributed by atoms with Gasteiger partial charge in [0, 0.05) is 6.54 Å². The lowest BCUT2D eigenvalue weighted by Gasteiger charge is -2.30. The summed E-state index contributed by atoms with van der Waals surface area (Å²) in [5.74, 6) is 1.20. The minimum absolute atomic E-state index is 0.0262. The molecule has 0 bridgehead atoms. The first-order valence-corrected chi connectivity index (χ1v) is 6.88. The Hall–Kier alpha value is -0.610. The Bertz CT molecular complexity index is 254. The van der Waals surface area contributed by atoms with Gasteiger partial charge in [0.2, 0.25) is 5.91 Å². The van der Waals surface area contributed by atoms with Crippen LogP contribution in [0.1, 0.15) is 38.5 Å². The Morgan fingerprint density at radius 2 is 2.00 bits per heavy atom. The zero-order chi connectivity index (χ0) is 12.1. The van der Waals surface area contributed by atoms with E-state index in [2.05, 4.69) is 5.32 Å². The molecule has 1 amide bonds. The number of rotatable bonds is 6. The molecular formula is C13H24N2O2. The molecule has 2 aliphatic rings. The molecule has 0 spiro atoms. The van der Waals surface area contributed by atoms with Crippen molar-refractivity contribution in [3.05, 3.63) is 0 Å². The highest BCUT2D eigenvalue weighted by atomic mass is 16.5. The van der Waals surface area contributed by atoms with Crippen molar-refractivity contribution >= 4 is 5.91 Å². The molecule has 0 aromatic carbocycles. The number of hydrogen-bond acceptors (Lipinski definition) is 3. The number of nitrogens with one attached hydrogen (secondary N) is 1. The first kappa shape index (κ1) is 12.8. The molecule has 0 heterocycles. The molecule has 0 saturated heterocycles. The fraction of sp³-hybridized carbons (Fsp3) is 0.923. The van der Waals surface area contributed by atoms with Gasteiger partial charge in [-0.05, 0) is 44.1 Å². The summed E-state index contributed by atoms with van der Waals surface area (Å²) in [5, 5.41) is 2.92. The molecule has 2 saturated carbocycles. The molecule has 4 nitrogen and oxygen atoms in total. The maximum absolute atomic E-state index is 11.5. The van der Waals surface area contributed by atoms with Crippen LogP contribution in [0.25, 0.3) is 0 Å². The predicted molar refractivity (Wildman–Crippen MR) is 66.5 cm³/mol. The van der Waals surface area contributed by atoms with Gasteiger partial charge in [0.1, 0.15) is 6.61 Å². The van der Waals surface area contributed by atoms with E-state index in [0.29, 0.717) is 12.5 Å². The van der Waals surface area contributed by atoms with Crippen LogP contribution in [0.3, 0.4) is 0 Å². The second-order valence-electron chi connectivity index (χ2n) is 5.38. The van der Waals surface area contributed by atoms with Crippen LogP contribution in [0.2, 0.25) is 0 Å². The zero-order valence-corrected chi connectivity index (χ0v) is 10.5. The third-order valence-corrected chi connectivity index (χ3v) is 3.86. The number of nitrogens with two attached hydrogens (primary N) is 1. The van der Waals surface area contributed by atoms with Gasteiger partial charge in [-0.1, -0.05) is 12.8 Å². The van der Waals surface area contributed by atoms with Crippen LogP contribution in [-0.4, -0.2) is 31.7 Å². The molecule has 2 unspecified atom stereocenters. The van der Waals surface area contributed by atoms with E-state index in [1.165, 1.54) is 25.7 Å². The van der Waals surface area contributed by atoms with Gasteiger partial charge in [0.05, 0.1) is 6.10 Å². The number of carbonyl (C=O) groups excluding carboxylic acids is 1. The molecule has 0 aromatic rings. The minimum atomic E-state index is 0.0262. The topological polar surface area (TPSA) is 64.3 Å². The monoisotopic (exact) mass is 240 g/mol. The SMILES string of the molecule is NCC1CCCCC1OCC(=O)NCC1CC1. The summed E-state index contributed by atoms with van der Waals surface area (Å²) >= 11 is 0. The van der Waals surface area contributed by atoms with E-state index < -0.39 is 0 Å². The summed E-state index contributed by atoms with van der Waals surface area (Å²) in [5.41, 5.74) is 5.73. The van der Waals surface area contributed by atoms with E-state index in [0.717, 1.165) is 25.3 Å². The summed E-state index contributed by atoms with van der Waals surface area (Å²) in [6.45, 7) is 1.70. The average molecular weight is 240 g/mol. The first-order chi connectivity index (χ1) is 8.29. The van der Waals surface area contributed by atoms with Crippen molar-refractivity contribution in [1.82, 2.24) is 5.32 Å². The molecule has 3 N–H and O–H groups in total.